The summed E-state index contributed by atoms with van der Waals surface area (Å²) in [5, 5.41) is 21.6. The number of carbonyl (C=O) groups is 4. The highest BCUT2D eigenvalue weighted by atomic mass is 79.9. The number of halogens is 1. The molecule has 2 aromatic rings. The van der Waals surface area contributed by atoms with Crippen molar-refractivity contribution in [2.45, 2.75) is 84.5 Å². The Balaban J connectivity index is 2.32. The molecule has 0 saturated carbocycles. The molecule has 0 unspecified atom stereocenters. The number of hydrogen-bond acceptors (Lipinski definition) is 7. The third-order valence-electron chi connectivity index (χ3n) is 7.49. The normalized spacial score (nSPS) is 14.2. The highest BCUT2D eigenvalue weighted by Gasteiger charge is 2.38. The number of carbonyl (C=O) groups excluding carboxylic acids is 4. The lowest BCUT2D eigenvalue weighted by molar-refractivity contribution is -0.143. The largest absolute Gasteiger partial charge is 0.453 e. The minimum absolute atomic E-state index is 0.0377. The fourth-order valence-corrected chi connectivity index (χ4v) is 5.27. The van der Waals surface area contributed by atoms with Crippen LogP contribution in [-0.2, 0) is 32.1 Å². The molecule has 11 nitrogen and oxygen atoms in total. The third kappa shape index (κ3) is 12.7. The number of ether oxygens (including phenoxy) is 1. The monoisotopic (exact) mass is 703 g/mol. The van der Waals surface area contributed by atoms with Gasteiger partial charge in [0.05, 0.1) is 7.11 Å². The van der Waals surface area contributed by atoms with Gasteiger partial charge in [-0.05, 0) is 53.9 Å². The van der Waals surface area contributed by atoms with Crippen LogP contribution < -0.4 is 21.4 Å². The van der Waals surface area contributed by atoms with E-state index in [0.717, 1.165) is 15.6 Å². The Kier molecular flexibility index (Phi) is 15.2. The molecule has 4 amide bonds. The van der Waals surface area contributed by atoms with Crippen LogP contribution in [0.2, 0.25) is 0 Å². The minimum atomic E-state index is -1.84. The van der Waals surface area contributed by atoms with E-state index in [2.05, 4.69) is 37.3 Å². The van der Waals surface area contributed by atoms with Gasteiger partial charge in [0.1, 0.15) is 17.7 Å². The Morgan fingerprint density at radius 2 is 1.57 bits per heavy atom. The van der Waals surface area contributed by atoms with E-state index >= 15 is 0 Å². The number of rotatable bonds is 16. The second kappa shape index (κ2) is 18.0. The zero-order valence-corrected chi connectivity index (χ0v) is 29.6. The number of likely N-dealkylation sites (N-methyl/N-ethyl adjacent to an activating group) is 1. The van der Waals surface area contributed by atoms with Gasteiger partial charge in [0.15, 0.2) is 0 Å². The first-order chi connectivity index (χ1) is 21.6. The number of nitrogens with zero attached hydrogens (tertiary/aromatic N) is 1. The number of benzene rings is 2. The van der Waals surface area contributed by atoms with E-state index in [1.807, 2.05) is 89.2 Å². The second-order valence-corrected chi connectivity index (χ2v) is 13.9. The molecular formula is C34H50BrN5O6. The van der Waals surface area contributed by atoms with Crippen LogP contribution in [0.25, 0.3) is 0 Å². The standard InChI is InChI=1S/C34H50BrN5O6/c1-23(2)20-27(29(41)36-6)37-31(43)34(45,21-24-12-9-8-10-13-24)18-11-19-40(22-25-14-16-26(35)17-15-25)39-30(42)28(33(3,4)5)38-32(44)46-7/h8-10,12-17,23,27-28,45H,11,18-22H2,1-7H3,(H,36,41)(H,37,43)(H,38,44)(H,39,42)/t27-,28+,34+/m0/s1. The van der Waals surface area contributed by atoms with Crippen LogP contribution in [0, 0.1) is 11.3 Å². The molecule has 0 fully saturated rings. The average Bonchev–Trinajstić information content (AvgIpc) is 2.99. The van der Waals surface area contributed by atoms with Gasteiger partial charge in [0.25, 0.3) is 11.8 Å². The lowest BCUT2D eigenvalue weighted by atomic mass is 9.86. The number of aliphatic hydroxyl groups is 1. The summed E-state index contributed by atoms with van der Waals surface area (Å²) in [7, 11) is 2.75. The molecule has 0 bridgehead atoms. The van der Waals surface area contributed by atoms with Crippen molar-refractivity contribution < 1.29 is 29.0 Å². The van der Waals surface area contributed by atoms with Crippen molar-refractivity contribution in [3.05, 3.63) is 70.2 Å². The van der Waals surface area contributed by atoms with Crippen molar-refractivity contribution in [3.8, 4) is 0 Å². The molecule has 254 valence electrons. The van der Waals surface area contributed by atoms with Crippen molar-refractivity contribution in [1.82, 2.24) is 26.4 Å². The number of methoxy groups -OCH3 is 1. The van der Waals surface area contributed by atoms with Crippen molar-refractivity contribution in [3.63, 3.8) is 0 Å². The van der Waals surface area contributed by atoms with Crippen LogP contribution in [0.1, 0.15) is 65.0 Å². The van der Waals surface area contributed by atoms with E-state index in [4.69, 9.17) is 4.74 Å². The van der Waals surface area contributed by atoms with E-state index < -0.39 is 41.0 Å². The summed E-state index contributed by atoms with van der Waals surface area (Å²) in [5.41, 5.74) is 2.15. The predicted octanol–water partition coefficient (Wildman–Crippen LogP) is 4.08. The maximum absolute atomic E-state index is 13.7. The van der Waals surface area contributed by atoms with Gasteiger partial charge in [-0.3, -0.25) is 19.8 Å². The van der Waals surface area contributed by atoms with E-state index in [0.29, 0.717) is 19.4 Å². The molecule has 3 atom stereocenters. The quantitative estimate of drug-likeness (QED) is 0.166. The van der Waals surface area contributed by atoms with Crippen LogP contribution >= 0.6 is 15.9 Å². The molecule has 0 heterocycles. The Bertz CT molecular complexity index is 1290. The van der Waals surface area contributed by atoms with Crippen LogP contribution in [0.3, 0.4) is 0 Å². The van der Waals surface area contributed by atoms with Crippen molar-refractivity contribution in [2.75, 3.05) is 20.7 Å². The molecule has 0 radical (unpaired) electrons. The summed E-state index contributed by atoms with van der Waals surface area (Å²) in [6, 6.07) is 15.1. The van der Waals surface area contributed by atoms with E-state index in [-0.39, 0.29) is 31.2 Å². The van der Waals surface area contributed by atoms with Gasteiger partial charge in [-0.2, -0.15) is 0 Å². The Labute approximate surface area is 281 Å². The smallest absolute Gasteiger partial charge is 0.407 e. The van der Waals surface area contributed by atoms with Crippen molar-refractivity contribution >= 4 is 39.7 Å². The number of hydrazine groups is 1. The summed E-state index contributed by atoms with van der Waals surface area (Å²) in [5.74, 6) is -1.27. The molecule has 0 aliphatic rings. The zero-order valence-electron chi connectivity index (χ0n) is 28.0. The molecule has 0 aliphatic heterocycles. The van der Waals surface area contributed by atoms with Crippen LogP contribution in [0.4, 0.5) is 4.79 Å². The topological polar surface area (TPSA) is 149 Å². The van der Waals surface area contributed by atoms with E-state index in [1.165, 1.54) is 14.2 Å². The molecule has 2 rings (SSSR count). The molecule has 5 N–H and O–H groups in total. The Hall–Kier alpha value is -3.48. The Morgan fingerprint density at radius 1 is 0.935 bits per heavy atom. The molecule has 0 aliphatic carbocycles. The van der Waals surface area contributed by atoms with Gasteiger partial charge in [-0.25, -0.2) is 9.80 Å². The first kappa shape index (κ1) is 38.7. The van der Waals surface area contributed by atoms with E-state index in [1.54, 1.807) is 5.01 Å². The first-order valence-electron chi connectivity index (χ1n) is 15.5. The Morgan fingerprint density at radius 3 is 2.11 bits per heavy atom. The maximum Gasteiger partial charge on any atom is 0.407 e. The summed E-state index contributed by atoms with van der Waals surface area (Å²) >= 11 is 3.44. The van der Waals surface area contributed by atoms with Crippen LogP contribution in [-0.4, -0.2) is 72.3 Å². The second-order valence-electron chi connectivity index (χ2n) is 13.0. The minimum Gasteiger partial charge on any atom is -0.453 e. The summed E-state index contributed by atoms with van der Waals surface area (Å²) in [4.78, 5) is 51.9. The van der Waals surface area contributed by atoms with Crippen LogP contribution in [0.5, 0.6) is 0 Å². The fraction of sp³-hybridized carbons (Fsp3) is 0.529. The molecule has 0 spiro atoms. The predicted molar refractivity (Wildman–Crippen MR) is 181 cm³/mol. The third-order valence-corrected chi connectivity index (χ3v) is 8.02. The molecule has 46 heavy (non-hydrogen) atoms. The van der Waals surface area contributed by atoms with Crippen molar-refractivity contribution in [2.24, 2.45) is 11.3 Å². The van der Waals surface area contributed by atoms with Gasteiger partial charge >= 0.3 is 6.09 Å². The number of alkyl carbamates (subject to hydrolysis) is 1. The van der Waals surface area contributed by atoms with E-state index in [9.17, 15) is 24.3 Å². The fourth-order valence-electron chi connectivity index (χ4n) is 5.01. The SMILES string of the molecule is CNC(=O)[C@H](CC(C)C)NC(=O)[C@@](O)(CCCN(Cc1ccc(Br)cc1)NC(=O)[C@@H](NC(=O)OC)C(C)(C)C)Cc1ccccc1. The zero-order chi connectivity index (χ0) is 34.5. The van der Waals surface area contributed by atoms with Gasteiger partial charge in [-0.15, -0.1) is 0 Å². The van der Waals surface area contributed by atoms with Crippen molar-refractivity contribution in [1.29, 1.82) is 0 Å². The first-order valence-corrected chi connectivity index (χ1v) is 16.3. The maximum atomic E-state index is 13.7. The number of hydrogen-bond donors (Lipinski definition) is 5. The summed E-state index contributed by atoms with van der Waals surface area (Å²) in [6.45, 7) is 10.0. The number of amides is 4. The lowest BCUT2D eigenvalue weighted by Crippen LogP contribution is -2.57. The molecule has 2 aromatic carbocycles. The number of nitrogens with one attached hydrogen (secondary N) is 4. The highest BCUT2D eigenvalue weighted by Crippen LogP contribution is 2.23. The molecule has 0 saturated heterocycles. The molecule has 12 heteroatoms. The average molecular weight is 705 g/mol. The van der Waals surface area contributed by atoms with Crippen LogP contribution in [0.15, 0.2) is 59.1 Å². The molecular weight excluding hydrogens is 654 g/mol. The summed E-state index contributed by atoms with van der Waals surface area (Å²) in [6.07, 6.45) is 0.0855. The lowest BCUT2D eigenvalue weighted by Gasteiger charge is -2.33. The molecule has 0 aromatic heterocycles. The summed E-state index contributed by atoms with van der Waals surface area (Å²) < 4.78 is 5.65. The van der Waals surface area contributed by atoms with Gasteiger partial charge < -0.3 is 25.8 Å². The van der Waals surface area contributed by atoms with Gasteiger partial charge in [-0.1, -0.05) is 93.0 Å². The van der Waals surface area contributed by atoms with Gasteiger partial charge in [0, 0.05) is 31.0 Å². The van der Waals surface area contributed by atoms with Gasteiger partial charge in [0.2, 0.25) is 5.91 Å². The highest BCUT2D eigenvalue weighted by molar-refractivity contribution is 9.10.